The minimum atomic E-state index is 0.869. The van der Waals surface area contributed by atoms with Crippen LogP contribution in [0.4, 0.5) is 0 Å². The summed E-state index contributed by atoms with van der Waals surface area (Å²) in [7, 11) is 0. The summed E-state index contributed by atoms with van der Waals surface area (Å²) in [6, 6.07) is 6.40. The van der Waals surface area contributed by atoms with Gasteiger partial charge in [0.05, 0.1) is 11.0 Å². The maximum atomic E-state index is 5.43. The molecule has 0 bridgehead atoms. The number of aromatic amines is 1. The summed E-state index contributed by atoms with van der Waals surface area (Å²) in [6.45, 7) is 3.19. The number of fused-ring (bicyclic) bond motifs is 1. The highest BCUT2D eigenvalue weighted by atomic mass is 32.1. The van der Waals surface area contributed by atoms with Gasteiger partial charge in [-0.25, -0.2) is 0 Å². The lowest BCUT2D eigenvalue weighted by Gasteiger charge is -2.25. The Kier molecular flexibility index (Phi) is 2.79. The minimum Gasteiger partial charge on any atom is -0.330 e. The first kappa shape index (κ1) is 11.0. The van der Waals surface area contributed by atoms with E-state index in [0.717, 1.165) is 17.2 Å². The molecule has 0 radical (unpaired) electrons. The summed E-state index contributed by atoms with van der Waals surface area (Å²) < 4.78 is 3.13. The van der Waals surface area contributed by atoms with Crippen molar-refractivity contribution in [2.45, 2.75) is 39.2 Å². The minimum absolute atomic E-state index is 0.869. The summed E-state index contributed by atoms with van der Waals surface area (Å²) in [5, 5.41) is 0. The van der Waals surface area contributed by atoms with Crippen molar-refractivity contribution in [2.75, 3.05) is 0 Å². The van der Waals surface area contributed by atoms with E-state index in [9.17, 15) is 0 Å². The second-order valence-electron chi connectivity index (χ2n) is 5.14. The lowest BCUT2D eigenvalue weighted by atomic mass is 9.83. The molecule has 1 saturated carbocycles. The van der Waals surface area contributed by atoms with Crippen LogP contribution in [0.5, 0.6) is 0 Å². The third-order valence-corrected chi connectivity index (χ3v) is 4.33. The lowest BCUT2D eigenvalue weighted by Crippen LogP contribution is -2.13. The van der Waals surface area contributed by atoms with Crippen molar-refractivity contribution in [1.82, 2.24) is 9.55 Å². The lowest BCUT2D eigenvalue weighted by molar-refractivity contribution is 0.283. The Labute approximate surface area is 107 Å². The zero-order chi connectivity index (χ0) is 11.8. The third kappa shape index (κ3) is 1.93. The molecule has 1 N–H and O–H groups in total. The van der Waals surface area contributed by atoms with Crippen molar-refractivity contribution in [3.8, 4) is 0 Å². The maximum absolute atomic E-state index is 5.43. The normalized spacial score (nSPS) is 16.3. The van der Waals surface area contributed by atoms with Crippen LogP contribution in [0.15, 0.2) is 18.2 Å². The molecule has 0 atom stereocenters. The molecule has 2 nitrogen and oxygen atoms in total. The van der Waals surface area contributed by atoms with Gasteiger partial charge in [0.15, 0.2) is 4.77 Å². The topological polar surface area (TPSA) is 20.7 Å². The predicted molar refractivity (Wildman–Crippen MR) is 73.8 cm³/mol. The van der Waals surface area contributed by atoms with Crippen LogP contribution >= 0.6 is 12.2 Å². The molecule has 0 unspecified atom stereocenters. The van der Waals surface area contributed by atoms with Crippen LogP contribution in [0.1, 0.15) is 31.2 Å². The summed E-state index contributed by atoms with van der Waals surface area (Å²) in [6.07, 6.45) is 5.52. The Hall–Kier alpha value is -1.09. The average Bonchev–Trinajstić information content (AvgIpc) is 2.55. The van der Waals surface area contributed by atoms with E-state index in [1.807, 2.05) is 0 Å². The Morgan fingerprint density at radius 3 is 2.94 bits per heavy atom. The number of hydrogen-bond donors (Lipinski definition) is 1. The number of para-hydroxylation sites is 1. The zero-order valence-corrected chi connectivity index (χ0v) is 11.0. The number of nitrogens with zero attached hydrogens (tertiary/aromatic N) is 1. The van der Waals surface area contributed by atoms with E-state index in [-0.39, 0.29) is 0 Å². The van der Waals surface area contributed by atoms with Gasteiger partial charge in [-0.05, 0) is 43.1 Å². The summed E-state index contributed by atoms with van der Waals surface area (Å²) in [4.78, 5) is 3.33. The fraction of sp³-hybridized carbons (Fsp3) is 0.500. The molecule has 2 aromatic rings. The number of benzene rings is 1. The molecule has 3 rings (SSSR count). The van der Waals surface area contributed by atoms with E-state index in [2.05, 4.69) is 34.7 Å². The summed E-state index contributed by atoms with van der Waals surface area (Å²) in [5.74, 6) is 0.937. The van der Waals surface area contributed by atoms with Gasteiger partial charge in [-0.3, -0.25) is 0 Å². The van der Waals surface area contributed by atoms with E-state index >= 15 is 0 Å². The second-order valence-corrected chi connectivity index (χ2v) is 5.52. The first-order valence-corrected chi connectivity index (χ1v) is 6.84. The van der Waals surface area contributed by atoms with Crippen LogP contribution in [0.25, 0.3) is 11.0 Å². The number of imidazole rings is 1. The molecule has 1 aliphatic carbocycles. The average molecular weight is 246 g/mol. The largest absolute Gasteiger partial charge is 0.330 e. The van der Waals surface area contributed by atoms with Crippen molar-refractivity contribution in [3.05, 3.63) is 28.5 Å². The SMILES string of the molecule is Cc1cccc2c1[nH]c(=S)n2CCC1CCC1. The second kappa shape index (κ2) is 4.30. The molecule has 1 heterocycles. The van der Waals surface area contributed by atoms with Gasteiger partial charge in [0.1, 0.15) is 0 Å². The first-order chi connectivity index (χ1) is 8.25. The highest BCUT2D eigenvalue weighted by molar-refractivity contribution is 7.71. The molecule has 1 aliphatic rings. The van der Waals surface area contributed by atoms with Gasteiger partial charge in [-0.2, -0.15) is 0 Å². The summed E-state index contributed by atoms with van der Waals surface area (Å²) in [5.41, 5.74) is 3.73. The van der Waals surface area contributed by atoms with Crippen molar-refractivity contribution >= 4 is 23.3 Å². The first-order valence-electron chi connectivity index (χ1n) is 6.44. The fourth-order valence-corrected chi connectivity index (χ4v) is 2.93. The van der Waals surface area contributed by atoms with E-state index in [0.29, 0.717) is 0 Å². The Morgan fingerprint density at radius 2 is 2.24 bits per heavy atom. The molecule has 0 spiro atoms. The molecule has 0 saturated heterocycles. The highest BCUT2D eigenvalue weighted by Gasteiger charge is 2.17. The number of aromatic nitrogens is 2. The molecule has 0 aliphatic heterocycles. The van der Waals surface area contributed by atoms with Crippen LogP contribution in [-0.2, 0) is 6.54 Å². The van der Waals surface area contributed by atoms with Crippen molar-refractivity contribution in [1.29, 1.82) is 0 Å². The smallest absolute Gasteiger partial charge is 0.178 e. The van der Waals surface area contributed by atoms with Gasteiger partial charge >= 0.3 is 0 Å². The number of H-pyrrole nitrogens is 1. The Bertz CT molecular complexity index is 590. The van der Waals surface area contributed by atoms with Gasteiger partial charge in [0.2, 0.25) is 0 Å². The molecule has 1 aromatic carbocycles. The Morgan fingerprint density at radius 1 is 1.41 bits per heavy atom. The van der Waals surface area contributed by atoms with Crippen LogP contribution in [0.2, 0.25) is 0 Å². The van der Waals surface area contributed by atoms with Gasteiger partial charge in [-0.15, -0.1) is 0 Å². The summed E-state index contributed by atoms with van der Waals surface area (Å²) >= 11 is 5.43. The third-order valence-electron chi connectivity index (χ3n) is 4.00. The van der Waals surface area contributed by atoms with Gasteiger partial charge in [0, 0.05) is 6.54 Å². The number of hydrogen-bond acceptors (Lipinski definition) is 1. The number of nitrogens with one attached hydrogen (secondary N) is 1. The van der Waals surface area contributed by atoms with Crippen LogP contribution in [-0.4, -0.2) is 9.55 Å². The van der Waals surface area contributed by atoms with Crippen LogP contribution in [0, 0.1) is 17.6 Å². The monoisotopic (exact) mass is 246 g/mol. The van der Waals surface area contributed by atoms with Gasteiger partial charge < -0.3 is 9.55 Å². The molecule has 3 heteroatoms. The number of rotatable bonds is 3. The molecular weight excluding hydrogens is 228 g/mol. The quantitative estimate of drug-likeness (QED) is 0.805. The fourth-order valence-electron chi connectivity index (χ4n) is 2.64. The molecular formula is C14H18N2S. The van der Waals surface area contributed by atoms with Crippen molar-refractivity contribution in [3.63, 3.8) is 0 Å². The van der Waals surface area contributed by atoms with E-state index in [1.165, 1.54) is 42.3 Å². The molecule has 90 valence electrons. The standard InChI is InChI=1S/C14H18N2S/c1-10-4-2-7-12-13(10)15-14(17)16(12)9-8-11-5-3-6-11/h2,4,7,11H,3,5-6,8-9H2,1H3,(H,15,17). The highest BCUT2D eigenvalue weighted by Crippen LogP contribution is 2.30. The van der Waals surface area contributed by atoms with Crippen LogP contribution in [0.3, 0.4) is 0 Å². The maximum Gasteiger partial charge on any atom is 0.178 e. The molecule has 1 aromatic heterocycles. The zero-order valence-electron chi connectivity index (χ0n) is 10.2. The Balaban J connectivity index is 1.94. The van der Waals surface area contributed by atoms with Gasteiger partial charge in [0.25, 0.3) is 0 Å². The van der Waals surface area contributed by atoms with E-state index in [1.54, 1.807) is 0 Å². The predicted octanol–water partition coefficient (Wildman–Crippen LogP) is 4.20. The van der Waals surface area contributed by atoms with E-state index < -0.39 is 0 Å². The van der Waals surface area contributed by atoms with Gasteiger partial charge in [-0.1, -0.05) is 31.4 Å². The van der Waals surface area contributed by atoms with Crippen molar-refractivity contribution in [2.24, 2.45) is 5.92 Å². The molecule has 0 amide bonds. The van der Waals surface area contributed by atoms with E-state index in [4.69, 9.17) is 12.2 Å². The molecule has 17 heavy (non-hydrogen) atoms. The molecule has 1 fully saturated rings. The number of aryl methyl sites for hydroxylation is 2. The van der Waals surface area contributed by atoms with Crippen LogP contribution < -0.4 is 0 Å². The van der Waals surface area contributed by atoms with Crippen molar-refractivity contribution < 1.29 is 0 Å².